The molecule has 0 bridgehead atoms. The number of rotatable bonds is 10. The van der Waals surface area contributed by atoms with Crippen LogP contribution < -0.4 is 9.47 Å². The van der Waals surface area contributed by atoms with E-state index in [1.165, 1.54) is 14.2 Å². The molecule has 0 aliphatic carbocycles. The number of hydrogen-bond donors (Lipinski definition) is 2. The molecule has 0 heterocycles. The summed E-state index contributed by atoms with van der Waals surface area (Å²) in [6.07, 6.45) is 1.95. The fourth-order valence-electron chi connectivity index (χ4n) is 6.48. The normalized spacial score (nSPS) is 14.5. The molecular formula is C26H46O6S. The van der Waals surface area contributed by atoms with Gasteiger partial charge in [-0.25, -0.2) is 0 Å². The first-order valence-corrected chi connectivity index (χ1v) is 13.2. The third kappa shape index (κ3) is 6.56. The van der Waals surface area contributed by atoms with E-state index in [4.69, 9.17) is 9.47 Å². The van der Waals surface area contributed by atoms with E-state index in [0.29, 0.717) is 11.5 Å². The van der Waals surface area contributed by atoms with E-state index < -0.39 is 15.0 Å². The second kappa shape index (κ2) is 10.0. The van der Waals surface area contributed by atoms with Crippen molar-refractivity contribution in [1.82, 2.24) is 0 Å². The summed E-state index contributed by atoms with van der Waals surface area (Å²) in [5.41, 5.74) is 0.130. The molecule has 1 unspecified atom stereocenters. The number of hydrogen-bond acceptors (Lipinski definition) is 5. The molecule has 0 radical (unpaired) electrons. The zero-order valence-electron chi connectivity index (χ0n) is 22.7. The van der Waals surface area contributed by atoms with Gasteiger partial charge in [0.05, 0.1) is 14.2 Å². The second-order valence-electron chi connectivity index (χ2n) is 12.2. The van der Waals surface area contributed by atoms with Crippen molar-refractivity contribution in [3.8, 4) is 17.2 Å². The summed E-state index contributed by atoms with van der Waals surface area (Å²) in [7, 11) is -1.89. The number of phenols is 1. The van der Waals surface area contributed by atoms with E-state index in [-0.39, 0.29) is 51.4 Å². The monoisotopic (exact) mass is 486 g/mol. The molecule has 0 amide bonds. The van der Waals surface area contributed by atoms with E-state index >= 15 is 0 Å². The molecule has 0 aliphatic heterocycles. The van der Waals surface area contributed by atoms with Crippen LogP contribution in [-0.2, 0) is 16.5 Å². The first kappa shape index (κ1) is 29.6. The maximum absolute atomic E-state index is 12.3. The highest BCUT2D eigenvalue weighted by atomic mass is 32.2. The van der Waals surface area contributed by atoms with Gasteiger partial charge >= 0.3 is 0 Å². The zero-order valence-corrected chi connectivity index (χ0v) is 23.5. The summed E-state index contributed by atoms with van der Waals surface area (Å²) in [4.78, 5) is -0.431. The average molecular weight is 487 g/mol. The summed E-state index contributed by atoms with van der Waals surface area (Å²) in [5, 5.41) is 11.6. The van der Waals surface area contributed by atoms with E-state index in [1.807, 2.05) is 0 Å². The van der Waals surface area contributed by atoms with Crippen LogP contribution in [0.4, 0.5) is 0 Å². The number of phenolic OH excluding ortho intramolecular Hbond substituents is 1. The fourth-order valence-corrected chi connectivity index (χ4v) is 7.44. The van der Waals surface area contributed by atoms with Gasteiger partial charge in [0.15, 0.2) is 11.5 Å². The van der Waals surface area contributed by atoms with Crippen molar-refractivity contribution in [3.63, 3.8) is 0 Å². The minimum Gasteiger partial charge on any atom is -0.507 e. The second-order valence-corrected chi connectivity index (χ2v) is 13.6. The van der Waals surface area contributed by atoms with Crippen LogP contribution in [0.3, 0.4) is 0 Å². The van der Waals surface area contributed by atoms with E-state index in [0.717, 1.165) is 12.8 Å². The predicted molar refractivity (Wildman–Crippen MR) is 134 cm³/mol. The Morgan fingerprint density at radius 3 is 1.73 bits per heavy atom. The molecule has 1 aromatic rings. The van der Waals surface area contributed by atoms with E-state index in [1.54, 1.807) is 6.92 Å². The topological polar surface area (TPSA) is 93.1 Å². The average Bonchev–Trinajstić information content (AvgIpc) is 2.57. The summed E-state index contributed by atoms with van der Waals surface area (Å²) in [6, 6.07) is 0. The largest absolute Gasteiger partial charge is 0.507 e. The fraction of sp³-hybridized carbons (Fsp3) is 0.769. The highest BCUT2D eigenvalue weighted by Crippen LogP contribution is 2.61. The number of methoxy groups -OCH3 is 2. The molecule has 2 N–H and O–H groups in total. The highest BCUT2D eigenvalue weighted by molar-refractivity contribution is 7.86. The Morgan fingerprint density at radius 2 is 1.39 bits per heavy atom. The summed E-state index contributed by atoms with van der Waals surface area (Å²) < 4.78 is 45.9. The molecule has 0 fully saturated rings. The van der Waals surface area contributed by atoms with Crippen LogP contribution in [0.25, 0.3) is 0 Å². The Morgan fingerprint density at radius 1 is 0.909 bits per heavy atom. The Bertz CT molecular complexity index is 937. The number of benzene rings is 1. The van der Waals surface area contributed by atoms with Gasteiger partial charge in [-0.2, -0.15) is 8.42 Å². The van der Waals surface area contributed by atoms with Crippen LogP contribution in [-0.4, -0.2) is 32.3 Å². The molecule has 7 heteroatoms. The van der Waals surface area contributed by atoms with Crippen molar-refractivity contribution in [3.05, 3.63) is 11.1 Å². The zero-order chi connectivity index (χ0) is 26.2. The summed E-state index contributed by atoms with van der Waals surface area (Å²) in [5.74, 6) is 0.152. The van der Waals surface area contributed by atoms with Gasteiger partial charge in [-0.15, -0.1) is 0 Å². The lowest BCUT2D eigenvalue weighted by Crippen LogP contribution is -2.38. The van der Waals surface area contributed by atoms with Gasteiger partial charge < -0.3 is 14.6 Å². The molecule has 0 aliphatic rings. The minimum absolute atomic E-state index is 0.0184. The quantitative estimate of drug-likeness (QED) is 0.352. The molecule has 192 valence electrons. The van der Waals surface area contributed by atoms with E-state index in [9.17, 15) is 18.1 Å². The number of aromatic hydroxyl groups is 1. The Balaban J connectivity index is 4.26. The molecule has 1 aromatic carbocycles. The van der Waals surface area contributed by atoms with Crippen molar-refractivity contribution in [2.45, 2.75) is 99.3 Å². The molecule has 1 atom stereocenters. The first-order chi connectivity index (χ1) is 14.7. The van der Waals surface area contributed by atoms with Crippen LogP contribution in [0.1, 0.15) is 99.1 Å². The first-order valence-electron chi connectivity index (χ1n) is 11.7. The van der Waals surface area contributed by atoms with Crippen molar-refractivity contribution in [2.24, 2.45) is 22.2 Å². The van der Waals surface area contributed by atoms with Crippen LogP contribution in [0.15, 0.2) is 4.90 Å². The van der Waals surface area contributed by atoms with Gasteiger partial charge in [0.25, 0.3) is 10.1 Å². The molecule has 0 spiro atoms. The highest BCUT2D eigenvalue weighted by Gasteiger charge is 2.48. The van der Waals surface area contributed by atoms with E-state index in [2.05, 4.69) is 62.3 Å². The van der Waals surface area contributed by atoms with Crippen molar-refractivity contribution < 1.29 is 27.6 Å². The van der Waals surface area contributed by atoms with Crippen LogP contribution in [0.2, 0.25) is 0 Å². The Hall–Kier alpha value is -1.47. The third-order valence-corrected chi connectivity index (χ3v) is 7.21. The standard InChI is InChI=1S/C26H46O6S/c1-13-17-19(27)18(20(31-11)21(32-12)22(17)33(28,29)30)23(25(7,8)14-16(2)3)26(9,10)15-24(4,5)6/h16,23,27H,13-15H2,1-12H3,(H,28,29,30). The maximum Gasteiger partial charge on any atom is 0.298 e. The van der Waals surface area contributed by atoms with Gasteiger partial charge in [0.1, 0.15) is 10.6 Å². The molecule has 33 heavy (non-hydrogen) atoms. The molecule has 1 rings (SSSR count). The molecular weight excluding hydrogens is 440 g/mol. The SMILES string of the molecule is CCc1c(O)c(C(C(C)(C)CC(C)C)C(C)(C)CC(C)(C)C)c(OC)c(OC)c1S(=O)(=O)O. The summed E-state index contributed by atoms with van der Waals surface area (Å²) in [6.45, 7) is 21.4. The maximum atomic E-state index is 12.3. The van der Waals surface area contributed by atoms with Gasteiger partial charge in [0, 0.05) is 17.0 Å². The van der Waals surface area contributed by atoms with Crippen LogP contribution in [0, 0.1) is 22.2 Å². The Kier molecular flexibility index (Phi) is 8.98. The predicted octanol–water partition coefficient (Wildman–Crippen LogP) is 6.84. The molecule has 6 nitrogen and oxygen atoms in total. The molecule has 0 aromatic heterocycles. The third-order valence-electron chi connectivity index (χ3n) is 6.26. The van der Waals surface area contributed by atoms with Gasteiger partial charge in [0.2, 0.25) is 0 Å². The molecule has 0 saturated carbocycles. The van der Waals surface area contributed by atoms with Crippen molar-refractivity contribution >= 4 is 10.1 Å². The van der Waals surface area contributed by atoms with Gasteiger partial charge in [-0.05, 0) is 41.4 Å². The van der Waals surface area contributed by atoms with Gasteiger partial charge in [-0.3, -0.25) is 4.55 Å². The minimum atomic E-state index is -4.67. The lowest BCUT2D eigenvalue weighted by atomic mass is 9.56. The van der Waals surface area contributed by atoms with Crippen molar-refractivity contribution in [1.29, 1.82) is 0 Å². The van der Waals surface area contributed by atoms with Crippen LogP contribution in [0.5, 0.6) is 17.2 Å². The van der Waals surface area contributed by atoms with Crippen molar-refractivity contribution in [2.75, 3.05) is 14.2 Å². The molecule has 0 saturated heterocycles. The lowest BCUT2D eigenvalue weighted by Gasteiger charge is -2.49. The number of ether oxygens (including phenoxy) is 2. The smallest absolute Gasteiger partial charge is 0.298 e. The van der Waals surface area contributed by atoms with Gasteiger partial charge in [-0.1, -0.05) is 69.2 Å². The van der Waals surface area contributed by atoms with Crippen LogP contribution >= 0.6 is 0 Å². The lowest BCUT2D eigenvalue weighted by molar-refractivity contribution is 0.0750. The Labute approximate surface area is 201 Å². The summed E-state index contributed by atoms with van der Waals surface area (Å²) >= 11 is 0.